The monoisotopic (exact) mass is 261 g/mol. The second-order valence-electron chi connectivity index (χ2n) is 6.97. The summed E-state index contributed by atoms with van der Waals surface area (Å²) in [6.45, 7) is 14.0. The van der Waals surface area contributed by atoms with Crippen molar-refractivity contribution < 1.29 is 4.79 Å². The molecule has 1 aliphatic rings. The first-order chi connectivity index (χ1) is 8.13. The number of anilines is 1. The standard InChI is InChI=1S/C15H23NOSi/c1-11(17)16-10-15(2,3)13-9-12(18(4,5)6)7-8-14(13)16/h7-9H,10H2,1-6H3. The van der Waals surface area contributed by atoms with Crippen molar-refractivity contribution in [2.45, 2.75) is 45.8 Å². The number of benzene rings is 1. The lowest BCUT2D eigenvalue weighted by Crippen LogP contribution is -2.38. The van der Waals surface area contributed by atoms with Crippen molar-refractivity contribution in [3.63, 3.8) is 0 Å². The molecule has 0 saturated heterocycles. The van der Waals surface area contributed by atoms with Gasteiger partial charge in [0.25, 0.3) is 0 Å². The Hall–Kier alpha value is -1.09. The van der Waals surface area contributed by atoms with Crippen LogP contribution in [0.4, 0.5) is 5.69 Å². The Kier molecular flexibility index (Phi) is 2.93. The van der Waals surface area contributed by atoms with Crippen molar-refractivity contribution in [3.8, 4) is 0 Å². The topological polar surface area (TPSA) is 20.3 Å². The van der Waals surface area contributed by atoms with E-state index in [1.54, 1.807) is 6.92 Å². The van der Waals surface area contributed by atoms with E-state index < -0.39 is 8.07 Å². The fraction of sp³-hybridized carbons (Fsp3) is 0.533. The Bertz CT molecular complexity index is 500. The number of fused-ring (bicyclic) bond motifs is 1. The summed E-state index contributed by atoms with van der Waals surface area (Å²) in [6, 6.07) is 6.69. The van der Waals surface area contributed by atoms with Gasteiger partial charge in [0, 0.05) is 24.6 Å². The van der Waals surface area contributed by atoms with Gasteiger partial charge in [-0.3, -0.25) is 4.79 Å². The lowest BCUT2D eigenvalue weighted by atomic mass is 9.87. The van der Waals surface area contributed by atoms with Gasteiger partial charge in [-0.2, -0.15) is 0 Å². The van der Waals surface area contributed by atoms with Crippen LogP contribution in [0.2, 0.25) is 19.6 Å². The normalized spacial score (nSPS) is 17.8. The molecule has 1 aromatic rings. The first kappa shape index (κ1) is 13.3. The van der Waals surface area contributed by atoms with Gasteiger partial charge in [-0.15, -0.1) is 0 Å². The zero-order chi connectivity index (χ0) is 13.7. The van der Waals surface area contributed by atoms with Crippen molar-refractivity contribution in [3.05, 3.63) is 23.8 Å². The first-order valence-corrected chi connectivity index (χ1v) is 10.1. The van der Waals surface area contributed by atoms with Gasteiger partial charge >= 0.3 is 0 Å². The van der Waals surface area contributed by atoms with E-state index in [1.807, 2.05) is 4.90 Å². The van der Waals surface area contributed by atoms with E-state index in [-0.39, 0.29) is 11.3 Å². The Morgan fingerprint density at radius 2 is 1.89 bits per heavy atom. The van der Waals surface area contributed by atoms with E-state index in [0.717, 1.165) is 12.2 Å². The lowest BCUT2D eigenvalue weighted by Gasteiger charge is -2.21. The van der Waals surface area contributed by atoms with Crippen LogP contribution in [-0.2, 0) is 10.2 Å². The highest BCUT2D eigenvalue weighted by Gasteiger charge is 2.37. The molecule has 0 bridgehead atoms. The molecule has 0 unspecified atom stereocenters. The molecule has 0 N–H and O–H groups in total. The average molecular weight is 261 g/mol. The molecule has 0 aromatic heterocycles. The summed E-state index contributed by atoms with van der Waals surface area (Å²) in [5.41, 5.74) is 2.50. The molecule has 3 heteroatoms. The molecular formula is C15H23NOSi. The second kappa shape index (κ2) is 3.95. The van der Waals surface area contributed by atoms with Crippen LogP contribution < -0.4 is 10.1 Å². The Morgan fingerprint density at radius 3 is 2.39 bits per heavy atom. The summed E-state index contributed by atoms with van der Waals surface area (Å²) in [7, 11) is -1.29. The minimum Gasteiger partial charge on any atom is -0.311 e. The van der Waals surface area contributed by atoms with Crippen molar-refractivity contribution in [2.75, 3.05) is 11.4 Å². The van der Waals surface area contributed by atoms with E-state index in [1.165, 1.54) is 10.8 Å². The molecule has 18 heavy (non-hydrogen) atoms. The van der Waals surface area contributed by atoms with Crippen LogP contribution >= 0.6 is 0 Å². The molecule has 0 aliphatic carbocycles. The van der Waals surface area contributed by atoms with Gasteiger partial charge in [-0.05, 0) is 11.6 Å². The highest BCUT2D eigenvalue weighted by atomic mass is 28.3. The maximum absolute atomic E-state index is 11.7. The van der Waals surface area contributed by atoms with E-state index in [4.69, 9.17) is 0 Å². The number of hydrogen-bond donors (Lipinski definition) is 0. The van der Waals surface area contributed by atoms with Crippen LogP contribution in [0.15, 0.2) is 18.2 Å². The van der Waals surface area contributed by atoms with Gasteiger partial charge in [-0.1, -0.05) is 50.8 Å². The van der Waals surface area contributed by atoms with Gasteiger partial charge in [0.05, 0.1) is 8.07 Å². The third kappa shape index (κ3) is 2.12. The molecule has 1 amide bonds. The minimum atomic E-state index is -1.29. The van der Waals surface area contributed by atoms with Crippen molar-refractivity contribution in [2.24, 2.45) is 0 Å². The number of hydrogen-bond acceptors (Lipinski definition) is 1. The molecule has 0 radical (unpaired) electrons. The van der Waals surface area contributed by atoms with Crippen LogP contribution in [0, 0.1) is 0 Å². The number of nitrogens with zero attached hydrogens (tertiary/aromatic N) is 1. The van der Waals surface area contributed by atoms with Gasteiger partial charge in [0.15, 0.2) is 0 Å². The first-order valence-electron chi connectivity index (χ1n) is 6.56. The fourth-order valence-electron chi connectivity index (χ4n) is 2.63. The van der Waals surface area contributed by atoms with Gasteiger partial charge in [0.1, 0.15) is 0 Å². The predicted molar refractivity (Wildman–Crippen MR) is 80.5 cm³/mol. The van der Waals surface area contributed by atoms with Crippen LogP contribution in [0.1, 0.15) is 26.3 Å². The highest BCUT2D eigenvalue weighted by molar-refractivity contribution is 6.88. The van der Waals surface area contributed by atoms with Crippen LogP contribution in [0.25, 0.3) is 0 Å². The number of carbonyl (C=O) groups is 1. The summed E-state index contributed by atoms with van der Waals surface area (Å²) in [5.74, 6) is 0.141. The van der Waals surface area contributed by atoms with Crippen molar-refractivity contribution >= 4 is 24.9 Å². The molecule has 2 nitrogen and oxygen atoms in total. The van der Waals surface area contributed by atoms with Gasteiger partial charge < -0.3 is 4.90 Å². The SMILES string of the molecule is CC(=O)N1CC(C)(C)c2cc([Si](C)(C)C)ccc21. The molecule has 2 rings (SSSR count). The van der Waals surface area contributed by atoms with Crippen molar-refractivity contribution in [1.29, 1.82) is 0 Å². The number of rotatable bonds is 1. The molecule has 0 fully saturated rings. The van der Waals surface area contributed by atoms with Crippen LogP contribution in [-0.4, -0.2) is 20.5 Å². The Morgan fingerprint density at radius 1 is 1.28 bits per heavy atom. The average Bonchev–Trinajstić information content (AvgIpc) is 2.50. The van der Waals surface area contributed by atoms with E-state index >= 15 is 0 Å². The van der Waals surface area contributed by atoms with E-state index in [2.05, 4.69) is 51.7 Å². The molecule has 0 spiro atoms. The number of carbonyl (C=O) groups excluding carboxylic acids is 1. The fourth-order valence-corrected chi connectivity index (χ4v) is 3.79. The zero-order valence-electron chi connectivity index (χ0n) is 12.3. The Balaban J connectivity index is 2.56. The predicted octanol–water partition coefficient (Wildman–Crippen LogP) is 2.88. The lowest BCUT2D eigenvalue weighted by molar-refractivity contribution is -0.116. The summed E-state index contributed by atoms with van der Waals surface area (Å²) in [4.78, 5) is 13.6. The van der Waals surface area contributed by atoms with Crippen molar-refractivity contribution in [1.82, 2.24) is 0 Å². The molecule has 98 valence electrons. The summed E-state index contributed by atoms with van der Waals surface area (Å²) in [6.07, 6.45) is 0. The summed E-state index contributed by atoms with van der Waals surface area (Å²) in [5, 5.41) is 1.47. The third-order valence-corrected chi connectivity index (χ3v) is 5.86. The smallest absolute Gasteiger partial charge is 0.223 e. The Labute approximate surface area is 111 Å². The molecule has 0 atom stereocenters. The maximum Gasteiger partial charge on any atom is 0.223 e. The molecular weight excluding hydrogens is 238 g/mol. The summed E-state index contributed by atoms with van der Waals surface area (Å²) >= 11 is 0. The summed E-state index contributed by atoms with van der Waals surface area (Å²) < 4.78 is 0. The molecule has 0 saturated carbocycles. The third-order valence-electron chi connectivity index (χ3n) is 3.82. The second-order valence-corrected chi connectivity index (χ2v) is 12.0. The van der Waals surface area contributed by atoms with Gasteiger partial charge in [0.2, 0.25) is 5.91 Å². The van der Waals surface area contributed by atoms with Gasteiger partial charge in [-0.25, -0.2) is 0 Å². The molecule has 1 aliphatic heterocycles. The largest absolute Gasteiger partial charge is 0.311 e. The molecule has 1 aromatic carbocycles. The number of amides is 1. The highest BCUT2D eigenvalue weighted by Crippen LogP contribution is 2.40. The molecule has 1 heterocycles. The minimum absolute atomic E-state index is 0.0661. The quantitative estimate of drug-likeness (QED) is 0.712. The van der Waals surface area contributed by atoms with Crippen LogP contribution in [0.3, 0.4) is 0 Å². The zero-order valence-corrected chi connectivity index (χ0v) is 13.3. The maximum atomic E-state index is 11.7. The van der Waals surface area contributed by atoms with Crippen LogP contribution in [0.5, 0.6) is 0 Å². The van der Waals surface area contributed by atoms with E-state index in [0.29, 0.717) is 0 Å². The van der Waals surface area contributed by atoms with E-state index in [9.17, 15) is 4.79 Å².